The van der Waals surface area contributed by atoms with Gasteiger partial charge in [0.2, 0.25) is 0 Å². The van der Waals surface area contributed by atoms with Crippen LogP contribution >= 0.6 is 0 Å². The monoisotopic (exact) mass is 317 g/mol. The van der Waals surface area contributed by atoms with E-state index in [0.29, 0.717) is 0 Å². The molecule has 0 fully saturated rings. The molecule has 0 saturated carbocycles. The molecule has 1 N–H and O–H groups in total. The third-order valence-corrected chi connectivity index (χ3v) is 4.05. The Morgan fingerprint density at radius 3 is 2.09 bits per heavy atom. The SMILES string of the molecule is CCCCOc1cc2c(cc1OCCCC)C(C)=CC(C)(C)N2. The van der Waals surface area contributed by atoms with Crippen LogP contribution in [0.3, 0.4) is 0 Å². The molecule has 0 saturated heterocycles. The molecule has 1 aromatic carbocycles. The largest absolute Gasteiger partial charge is 0.490 e. The lowest BCUT2D eigenvalue weighted by Gasteiger charge is -2.32. The van der Waals surface area contributed by atoms with E-state index in [1.54, 1.807) is 0 Å². The van der Waals surface area contributed by atoms with E-state index in [1.165, 1.54) is 11.1 Å². The van der Waals surface area contributed by atoms with Gasteiger partial charge in [-0.05, 0) is 45.3 Å². The third kappa shape index (κ3) is 4.66. The molecule has 3 nitrogen and oxygen atoms in total. The summed E-state index contributed by atoms with van der Waals surface area (Å²) in [5, 5.41) is 3.58. The predicted octanol–water partition coefficient (Wildman–Crippen LogP) is 5.65. The number of unbranched alkanes of at least 4 members (excludes halogenated alkanes) is 2. The van der Waals surface area contributed by atoms with E-state index in [2.05, 4.69) is 58.1 Å². The molecule has 23 heavy (non-hydrogen) atoms. The first-order chi connectivity index (χ1) is 11.0. The minimum absolute atomic E-state index is 0.0393. The molecule has 128 valence electrons. The van der Waals surface area contributed by atoms with Crippen LogP contribution in [0.25, 0.3) is 5.57 Å². The number of anilines is 1. The van der Waals surface area contributed by atoms with Crippen molar-refractivity contribution in [1.82, 2.24) is 0 Å². The van der Waals surface area contributed by atoms with Gasteiger partial charge in [0, 0.05) is 17.3 Å². The zero-order valence-electron chi connectivity index (χ0n) is 15.3. The fourth-order valence-electron chi connectivity index (χ4n) is 2.87. The number of hydrogen-bond donors (Lipinski definition) is 1. The van der Waals surface area contributed by atoms with Gasteiger partial charge in [-0.1, -0.05) is 32.8 Å². The highest BCUT2D eigenvalue weighted by Gasteiger charge is 2.24. The van der Waals surface area contributed by atoms with Crippen molar-refractivity contribution in [2.45, 2.75) is 65.8 Å². The summed E-state index contributed by atoms with van der Waals surface area (Å²) in [4.78, 5) is 0. The first kappa shape index (κ1) is 17.7. The van der Waals surface area contributed by atoms with Gasteiger partial charge in [0.1, 0.15) is 0 Å². The molecule has 2 rings (SSSR count). The number of hydrogen-bond acceptors (Lipinski definition) is 3. The standard InChI is InChI=1S/C20H31NO2/c1-6-8-10-22-18-12-16-15(3)14-20(4,5)21-17(16)13-19(18)23-11-9-7-2/h12-14,21H,6-11H2,1-5H3. The average Bonchev–Trinajstić information content (AvgIpc) is 2.47. The second-order valence-electron chi connectivity index (χ2n) is 6.92. The fraction of sp³-hybridized carbons (Fsp3) is 0.600. The summed E-state index contributed by atoms with van der Waals surface area (Å²) in [5.41, 5.74) is 3.58. The van der Waals surface area contributed by atoms with E-state index in [-0.39, 0.29) is 5.54 Å². The van der Waals surface area contributed by atoms with Gasteiger partial charge in [0.25, 0.3) is 0 Å². The Balaban J connectivity index is 2.30. The van der Waals surface area contributed by atoms with E-state index in [4.69, 9.17) is 9.47 Å². The van der Waals surface area contributed by atoms with Crippen molar-refractivity contribution in [2.75, 3.05) is 18.5 Å². The predicted molar refractivity (Wildman–Crippen MR) is 98.6 cm³/mol. The smallest absolute Gasteiger partial charge is 0.163 e. The van der Waals surface area contributed by atoms with Gasteiger partial charge in [-0.15, -0.1) is 0 Å². The zero-order valence-corrected chi connectivity index (χ0v) is 15.3. The van der Waals surface area contributed by atoms with Crippen LogP contribution in [0.15, 0.2) is 18.2 Å². The Morgan fingerprint density at radius 1 is 0.957 bits per heavy atom. The van der Waals surface area contributed by atoms with Crippen molar-refractivity contribution in [3.05, 3.63) is 23.8 Å². The molecule has 1 aliphatic rings. The fourth-order valence-corrected chi connectivity index (χ4v) is 2.87. The molecule has 0 atom stereocenters. The molecule has 3 heteroatoms. The lowest BCUT2D eigenvalue weighted by atomic mass is 9.91. The van der Waals surface area contributed by atoms with Crippen LogP contribution in [0.1, 0.15) is 65.9 Å². The molecule has 0 bridgehead atoms. The van der Waals surface area contributed by atoms with Crippen LogP contribution in [0.5, 0.6) is 11.5 Å². The van der Waals surface area contributed by atoms with Crippen molar-refractivity contribution in [2.24, 2.45) is 0 Å². The van der Waals surface area contributed by atoms with Gasteiger partial charge in [-0.3, -0.25) is 0 Å². The Morgan fingerprint density at radius 2 is 1.52 bits per heavy atom. The van der Waals surface area contributed by atoms with Crippen LogP contribution < -0.4 is 14.8 Å². The Labute approximate surface area is 141 Å². The van der Waals surface area contributed by atoms with E-state index in [9.17, 15) is 0 Å². The lowest BCUT2D eigenvalue weighted by Crippen LogP contribution is -2.31. The minimum Gasteiger partial charge on any atom is -0.490 e. The van der Waals surface area contributed by atoms with Crippen molar-refractivity contribution >= 4 is 11.3 Å². The number of ether oxygens (including phenoxy) is 2. The molecule has 1 heterocycles. The van der Waals surface area contributed by atoms with Crippen molar-refractivity contribution < 1.29 is 9.47 Å². The number of allylic oxidation sites excluding steroid dienone is 1. The normalized spacial score (nSPS) is 15.4. The van der Waals surface area contributed by atoms with Gasteiger partial charge in [0.05, 0.1) is 18.8 Å². The Kier molecular flexibility index (Phi) is 5.97. The van der Waals surface area contributed by atoms with E-state index in [1.807, 2.05) is 0 Å². The van der Waals surface area contributed by atoms with Gasteiger partial charge >= 0.3 is 0 Å². The summed E-state index contributed by atoms with van der Waals surface area (Å²) in [7, 11) is 0. The summed E-state index contributed by atoms with van der Waals surface area (Å²) in [6, 6.07) is 4.23. The summed E-state index contributed by atoms with van der Waals surface area (Å²) >= 11 is 0. The molecular formula is C20H31NO2. The molecule has 0 unspecified atom stereocenters. The summed E-state index contributed by atoms with van der Waals surface area (Å²) in [6.45, 7) is 12.3. The highest BCUT2D eigenvalue weighted by molar-refractivity contribution is 5.82. The number of benzene rings is 1. The van der Waals surface area contributed by atoms with Crippen molar-refractivity contribution in [1.29, 1.82) is 0 Å². The molecule has 1 aromatic rings. The highest BCUT2D eigenvalue weighted by Crippen LogP contribution is 2.41. The van der Waals surface area contributed by atoms with E-state index >= 15 is 0 Å². The minimum atomic E-state index is -0.0393. The third-order valence-electron chi connectivity index (χ3n) is 4.05. The first-order valence-corrected chi connectivity index (χ1v) is 8.88. The van der Waals surface area contributed by atoms with Gasteiger partial charge < -0.3 is 14.8 Å². The quantitative estimate of drug-likeness (QED) is 0.628. The van der Waals surface area contributed by atoms with E-state index in [0.717, 1.165) is 56.1 Å². The molecule has 0 aliphatic carbocycles. The Bertz CT molecular complexity index is 561. The second kappa shape index (κ2) is 7.76. The zero-order chi connectivity index (χ0) is 16.9. The summed E-state index contributed by atoms with van der Waals surface area (Å²) in [5.74, 6) is 1.72. The van der Waals surface area contributed by atoms with Crippen LogP contribution in [0.2, 0.25) is 0 Å². The van der Waals surface area contributed by atoms with Gasteiger partial charge in [-0.25, -0.2) is 0 Å². The van der Waals surface area contributed by atoms with Crippen LogP contribution in [0.4, 0.5) is 5.69 Å². The van der Waals surface area contributed by atoms with Crippen LogP contribution in [-0.4, -0.2) is 18.8 Å². The maximum Gasteiger partial charge on any atom is 0.163 e. The first-order valence-electron chi connectivity index (χ1n) is 8.88. The molecule has 0 radical (unpaired) electrons. The van der Waals surface area contributed by atoms with E-state index < -0.39 is 0 Å². The molecule has 1 aliphatic heterocycles. The molecular weight excluding hydrogens is 286 g/mol. The summed E-state index contributed by atoms with van der Waals surface area (Å²) in [6.07, 6.45) is 6.65. The molecule has 0 spiro atoms. The topological polar surface area (TPSA) is 30.5 Å². The number of nitrogens with one attached hydrogen (secondary N) is 1. The molecule has 0 aromatic heterocycles. The molecule has 0 amide bonds. The average molecular weight is 317 g/mol. The van der Waals surface area contributed by atoms with Crippen molar-refractivity contribution in [3.63, 3.8) is 0 Å². The van der Waals surface area contributed by atoms with Crippen LogP contribution in [0, 0.1) is 0 Å². The Hall–Kier alpha value is -1.64. The van der Waals surface area contributed by atoms with Crippen molar-refractivity contribution in [3.8, 4) is 11.5 Å². The number of fused-ring (bicyclic) bond motifs is 1. The van der Waals surface area contributed by atoms with Gasteiger partial charge in [-0.2, -0.15) is 0 Å². The van der Waals surface area contributed by atoms with Crippen LogP contribution in [-0.2, 0) is 0 Å². The second-order valence-corrected chi connectivity index (χ2v) is 6.92. The maximum atomic E-state index is 5.99. The summed E-state index contributed by atoms with van der Waals surface area (Å²) < 4.78 is 12.0. The maximum absolute atomic E-state index is 5.99. The highest BCUT2D eigenvalue weighted by atomic mass is 16.5. The van der Waals surface area contributed by atoms with Gasteiger partial charge in [0.15, 0.2) is 11.5 Å². The number of rotatable bonds is 8. The lowest BCUT2D eigenvalue weighted by molar-refractivity contribution is 0.262.